The molecule has 0 spiro atoms. The number of pyridine rings is 1. The van der Waals surface area contributed by atoms with Crippen LogP contribution in [0, 0.1) is 13.8 Å². The third kappa shape index (κ3) is 5.68. The minimum absolute atomic E-state index is 0.184. The molecule has 26 heavy (non-hydrogen) atoms. The molecule has 2 aromatic rings. The van der Waals surface area contributed by atoms with Crippen LogP contribution in [0.5, 0.6) is 5.75 Å². The van der Waals surface area contributed by atoms with Crippen LogP contribution in [0.25, 0.3) is 0 Å². The van der Waals surface area contributed by atoms with Crippen LogP contribution in [0.4, 0.5) is 5.82 Å². The van der Waals surface area contributed by atoms with E-state index in [4.69, 9.17) is 4.74 Å². The van der Waals surface area contributed by atoms with Gasteiger partial charge >= 0.3 is 0 Å². The maximum absolute atomic E-state index is 12.3. The van der Waals surface area contributed by atoms with Crippen LogP contribution < -0.4 is 15.4 Å². The Labute approximate surface area is 154 Å². The first-order valence-corrected chi connectivity index (χ1v) is 8.90. The summed E-state index contributed by atoms with van der Waals surface area (Å²) in [7, 11) is 1.53. The molecule has 0 saturated carbocycles. The number of hydrogen-bond donors (Lipinski definition) is 2. The molecular formula is C19H27N5O2. The van der Waals surface area contributed by atoms with Crippen molar-refractivity contribution in [2.45, 2.75) is 40.0 Å². The van der Waals surface area contributed by atoms with Gasteiger partial charge in [0.15, 0.2) is 0 Å². The van der Waals surface area contributed by atoms with Crippen LogP contribution in [-0.4, -0.2) is 41.1 Å². The molecule has 0 saturated heterocycles. The van der Waals surface area contributed by atoms with Crippen molar-refractivity contribution in [1.29, 1.82) is 0 Å². The van der Waals surface area contributed by atoms with Gasteiger partial charge in [-0.15, -0.1) is 0 Å². The Bertz CT molecular complexity index is 749. The maximum Gasteiger partial charge on any atom is 0.255 e. The molecule has 2 N–H and O–H groups in total. The van der Waals surface area contributed by atoms with Gasteiger partial charge in [-0.1, -0.05) is 13.3 Å². The predicted octanol–water partition coefficient (Wildman–Crippen LogP) is 2.68. The van der Waals surface area contributed by atoms with Crippen molar-refractivity contribution in [1.82, 2.24) is 20.3 Å². The molecule has 0 radical (unpaired) electrons. The number of carbonyl (C=O) groups excluding carboxylic acids is 1. The molecule has 0 aliphatic carbocycles. The van der Waals surface area contributed by atoms with E-state index in [1.807, 2.05) is 19.9 Å². The van der Waals surface area contributed by atoms with Crippen LogP contribution in [0.3, 0.4) is 0 Å². The number of anilines is 1. The minimum Gasteiger partial charge on any atom is -0.494 e. The Kier molecular flexibility index (Phi) is 7.32. The number of nitrogens with zero attached hydrogens (tertiary/aromatic N) is 3. The van der Waals surface area contributed by atoms with Crippen LogP contribution in [0.2, 0.25) is 0 Å². The average Bonchev–Trinajstić information content (AvgIpc) is 2.63. The zero-order valence-electron chi connectivity index (χ0n) is 15.9. The topological polar surface area (TPSA) is 89.0 Å². The normalized spacial score (nSPS) is 10.5. The first-order chi connectivity index (χ1) is 12.5. The van der Waals surface area contributed by atoms with E-state index in [9.17, 15) is 4.79 Å². The third-order valence-electron chi connectivity index (χ3n) is 3.84. The van der Waals surface area contributed by atoms with Gasteiger partial charge in [-0.25, -0.2) is 9.97 Å². The lowest BCUT2D eigenvalue weighted by Crippen LogP contribution is -2.29. The third-order valence-corrected chi connectivity index (χ3v) is 3.84. The van der Waals surface area contributed by atoms with Gasteiger partial charge < -0.3 is 15.4 Å². The maximum atomic E-state index is 12.3. The fourth-order valence-electron chi connectivity index (χ4n) is 2.52. The summed E-state index contributed by atoms with van der Waals surface area (Å²) in [5.41, 5.74) is 2.19. The van der Waals surface area contributed by atoms with E-state index in [1.54, 1.807) is 12.3 Å². The highest BCUT2D eigenvalue weighted by Gasteiger charge is 2.12. The highest BCUT2D eigenvalue weighted by atomic mass is 16.5. The van der Waals surface area contributed by atoms with Gasteiger partial charge in [-0.3, -0.25) is 9.78 Å². The molecule has 0 aliphatic heterocycles. The number of carbonyl (C=O) groups is 1. The monoisotopic (exact) mass is 357 g/mol. The van der Waals surface area contributed by atoms with Gasteiger partial charge in [0, 0.05) is 37.0 Å². The molecule has 0 atom stereocenters. The van der Waals surface area contributed by atoms with Gasteiger partial charge in [0.2, 0.25) is 0 Å². The lowest BCUT2D eigenvalue weighted by atomic mass is 10.2. The van der Waals surface area contributed by atoms with Crippen molar-refractivity contribution in [3.63, 3.8) is 0 Å². The van der Waals surface area contributed by atoms with E-state index in [1.165, 1.54) is 7.11 Å². The second kappa shape index (κ2) is 9.70. The molecule has 0 bridgehead atoms. The van der Waals surface area contributed by atoms with Crippen molar-refractivity contribution >= 4 is 11.7 Å². The number of hydrogen-bond acceptors (Lipinski definition) is 6. The van der Waals surface area contributed by atoms with E-state index in [0.29, 0.717) is 24.4 Å². The number of aryl methyl sites for hydroxylation is 3. The molecule has 7 nitrogen and oxygen atoms in total. The van der Waals surface area contributed by atoms with Gasteiger partial charge in [-0.2, -0.15) is 0 Å². The quantitative estimate of drug-likeness (QED) is 0.671. The molecule has 0 unspecified atom stereocenters. The van der Waals surface area contributed by atoms with Crippen LogP contribution in [-0.2, 0) is 6.42 Å². The molecule has 2 heterocycles. The Balaban J connectivity index is 1.88. The van der Waals surface area contributed by atoms with E-state index >= 15 is 0 Å². The van der Waals surface area contributed by atoms with E-state index in [0.717, 1.165) is 42.3 Å². The Morgan fingerprint density at radius 3 is 2.69 bits per heavy atom. The van der Waals surface area contributed by atoms with Crippen LogP contribution in [0.15, 0.2) is 18.3 Å². The predicted molar refractivity (Wildman–Crippen MR) is 102 cm³/mol. The molecular weight excluding hydrogens is 330 g/mol. The van der Waals surface area contributed by atoms with Crippen molar-refractivity contribution in [3.8, 4) is 5.75 Å². The van der Waals surface area contributed by atoms with Gasteiger partial charge in [0.05, 0.1) is 18.9 Å². The number of nitrogens with one attached hydrogen (secondary N) is 2. The van der Waals surface area contributed by atoms with E-state index in [2.05, 4.69) is 32.5 Å². The van der Waals surface area contributed by atoms with E-state index in [-0.39, 0.29) is 5.91 Å². The lowest BCUT2D eigenvalue weighted by Gasteiger charge is -2.11. The molecule has 140 valence electrons. The number of rotatable bonds is 9. The molecule has 2 aromatic heterocycles. The Morgan fingerprint density at radius 2 is 1.96 bits per heavy atom. The fourth-order valence-corrected chi connectivity index (χ4v) is 2.52. The number of aromatic nitrogens is 3. The van der Waals surface area contributed by atoms with Crippen molar-refractivity contribution in [2.24, 2.45) is 0 Å². The first-order valence-electron chi connectivity index (χ1n) is 8.90. The van der Waals surface area contributed by atoms with Crippen LogP contribution in [0.1, 0.15) is 47.3 Å². The molecule has 2 rings (SSSR count). The summed E-state index contributed by atoms with van der Waals surface area (Å²) < 4.78 is 5.20. The van der Waals surface area contributed by atoms with Gasteiger partial charge in [0.25, 0.3) is 5.91 Å². The lowest BCUT2D eigenvalue weighted by molar-refractivity contribution is 0.0952. The van der Waals surface area contributed by atoms with E-state index < -0.39 is 0 Å². The standard InChI is InChI=1S/C19H27N5O2/c1-5-6-7-17-23-14(3)11-18(24-17)20-8-9-21-19(25)15-10-13(2)22-12-16(15)26-4/h10-12H,5-9H2,1-4H3,(H,21,25)(H,20,23,24). The van der Waals surface area contributed by atoms with Crippen molar-refractivity contribution in [2.75, 3.05) is 25.5 Å². The molecule has 0 aliphatic rings. The fraction of sp³-hybridized carbons (Fsp3) is 0.474. The van der Waals surface area contributed by atoms with Crippen molar-refractivity contribution in [3.05, 3.63) is 41.1 Å². The molecule has 1 amide bonds. The molecule has 7 heteroatoms. The number of methoxy groups -OCH3 is 1. The summed E-state index contributed by atoms with van der Waals surface area (Å²) in [5, 5.41) is 6.12. The molecule has 0 fully saturated rings. The van der Waals surface area contributed by atoms with Gasteiger partial charge in [-0.05, 0) is 26.3 Å². The summed E-state index contributed by atoms with van der Waals surface area (Å²) in [6.45, 7) is 6.99. The molecule has 0 aromatic carbocycles. The zero-order chi connectivity index (χ0) is 18.9. The van der Waals surface area contributed by atoms with Gasteiger partial charge in [0.1, 0.15) is 17.4 Å². The first kappa shape index (κ1) is 19.6. The second-order valence-corrected chi connectivity index (χ2v) is 6.12. The largest absolute Gasteiger partial charge is 0.494 e. The summed E-state index contributed by atoms with van der Waals surface area (Å²) in [6, 6.07) is 3.63. The van der Waals surface area contributed by atoms with Crippen molar-refractivity contribution < 1.29 is 9.53 Å². The zero-order valence-corrected chi connectivity index (χ0v) is 15.9. The summed E-state index contributed by atoms with van der Waals surface area (Å²) in [4.78, 5) is 25.5. The Hall–Kier alpha value is -2.70. The SMILES string of the molecule is CCCCc1nc(C)cc(NCCNC(=O)c2cc(C)ncc2OC)n1. The second-order valence-electron chi connectivity index (χ2n) is 6.12. The summed E-state index contributed by atoms with van der Waals surface area (Å²) in [5.74, 6) is 1.93. The number of unbranched alkanes of at least 4 members (excludes halogenated alkanes) is 1. The number of amides is 1. The highest BCUT2D eigenvalue weighted by Crippen LogP contribution is 2.17. The Morgan fingerprint density at radius 1 is 1.15 bits per heavy atom. The van der Waals surface area contributed by atoms with Crippen LogP contribution >= 0.6 is 0 Å². The minimum atomic E-state index is -0.184. The number of ether oxygens (including phenoxy) is 1. The smallest absolute Gasteiger partial charge is 0.255 e. The average molecular weight is 357 g/mol. The summed E-state index contributed by atoms with van der Waals surface area (Å²) in [6.07, 6.45) is 4.63. The summed E-state index contributed by atoms with van der Waals surface area (Å²) >= 11 is 0. The highest BCUT2D eigenvalue weighted by molar-refractivity contribution is 5.96.